The Kier molecular flexibility index (Phi) is 7.71. The SMILES string of the molecule is CC(C)c1nn(CC(=O)N[C@@H]2CCCNC2)c(=O)cc1-c1cccc(F)c1.Cl. The van der Waals surface area contributed by atoms with Gasteiger partial charge in [0.2, 0.25) is 5.91 Å². The summed E-state index contributed by atoms with van der Waals surface area (Å²) in [5.41, 5.74) is 1.48. The first-order valence-corrected chi connectivity index (χ1v) is 9.32. The number of nitrogens with zero attached hydrogens (tertiary/aromatic N) is 2. The molecular weight excluding hydrogens is 383 g/mol. The van der Waals surface area contributed by atoms with Crippen LogP contribution < -0.4 is 16.2 Å². The molecule has 6 nitrogen and oxygen atoms in total. The minimum absolute atomic E-state index is 0. The van der Waals surface area contributed by atoms with E-state index in [1.165, 1.54) is 22.9 Å². The normalized spacial score (nSPS) is 16.5. The van der Waals surface area contributed by atoms with Crippen molar-refractivity contribution >= 4 is 18.3 Å². The third-order valence-corrected chi connectivity index (χ3v) is 4.66. The van der Waals surface area contributed by atoms with E-state index in [4.69, 9.17) is 0 Å². The minimum Gasteiger partial charge on any atom is -0.350 e. The number of amides is 1. The van der Waals surface area contributed by atoms with E-state index in [1.54, 1.807) is 12.1 Å². The van der Waals surface area contributed by atoms with Crippen molar-refractivity contribution in [3.63, 3.8) is 0 Å². The van der Waals surface area contributed by atoms with Crippen LogP contribution in [0.2, 0.25) is 0 Å². The first-order chi connectivity index (χ1) is 12.9. The number of rotatable bonds is 5. The number of hydrogen-bond donors (Lipinski definition) is 2. The molecule has 0 saturated carbocycles. The van der Waals surface area contributed by atoms with Crippen molar-refractivity contribution in [2.45, 2.75) is 45.2 Å². The van der Waals surface area contributed by atoms with Gasteiger partial charge in [-0.25, -0.2) is 9.07 Å². The van der Waals surface area contributed by atoms with E-state index in [0.29, 0.717) is 16.8 Å². The Labute approximate surface area is 169 Å². The van der Waals surface area contributed by atoms with Crippen molar-refractivity contribution in [2.24, 2.45) is 0 Å². The second-order valence-corrected chi connectivity index (χ2v) is 7.21. The monoisotopic (exact) mass is 408 g/mol. The Morgan fingerprint density at radius 2 is 2.18 bits per heavy atom. The highest BCUT2D eigenvalue weighted by atomic mass is 35.5. The van der Waals surface area contributed by atoms with Crippen molar-refractivity contribution in [3.8, 4) is 11.1 Å². The van der Waals surface area contributed by atoms with Crippen LogP contribution in [0.15, 0.2) is 35.1 Å². The maximum atomic E-state index is 13.6. The van der Waals surface area contributed by atoms with Gasteiger partial charge in [0.05, 0.1) is 5.69 Å². The number of hydrogen-bond acceptors (Lipinski definition) is 4. The molecule has 2 aromatic rings. The molecule has 3 rings (SSSR count). The molecule has 1 saturated heterocycles. The van der Waals surface area contributed by atoms with Crippen molar-refractivity contribution in [3.05, 3.63) is 52.2 Å². The predicted octanol–water partition coefficient (Wildman–Crippen LogP) is 2.46. The Hall–Kier alpha value is -2.25. The zero-order chi connectivity index (χ0) is 19.4. The number of carbonyl (C=O) groups excluding carboxylic acids is 1. The maximum Gasteiger partial charge on any atom is 0.267 e. The van der Waals surface area contributed by atoms with Gasteiger partial charge in [-0.2, -0.15) is 5.10 Å². The molecule has 8 heteroatoms. The fourth-order valence-electron chi connectivity index (χ4n) is 3.32. The lowest BCUT2D eigenvalue weighted by Crippen LogP contribution is -2.47. The summed E-state index contributed by atoms with van der Waals surface area (Å²) in [6.07, 6.45) is 1.94. The van der Waals surface area contributed by atoms with Crippen LogP contribution in [0.4, 0.5) is 4.39 Å². The summed E-state index contributed by atoms with van der Waals surface area (Å²) >= 11 is 0. The van der Waals surface area contributed by atoms with Crippen LogP contribution in [0.3, 0.4) is 0 Å². The maximum absolute atomic E-state index is 13.6. The van der Waals surface area contributed by atoms with Gasteiger partial charge in [0.15, 0.2) is 0 Å². The molecule has 1 amide bonds. The number of benzene rings is 1. The van der Waals surface area contributed by atoms with Gasteiger partial charge in [0.1, 0.15) is 12.4 Å². The Morgan fingerprint density at radius 3 is 2.82 bits per heavy atom. The summed E-state index contributed by atoms with van der Waals surface area (Å²) < 4.78 is 14.8. The summed E-state index contributed by atoms with van der Waals surface area (Å²) in [7, 11) is 0. The Balaban J connectivity index is 0.00000280. The topological polar surface area (TPSA) is 76.0 Å². The highest BCUT2D eigenvalue weighted by molar-refractivity contribution is 5.85. The Bertz CT molecular complexity index is 879. The van der Waals surface area contributed by atoms with E-state index in [2.05, 4.69) is 15.7 Å². The fraction of sp³-hybridized carbons (Fsp3) is 0.450. The average molecular weight is 409 g/mol. The van der Waals surface area contributed by atoms with Crippen LogP contribution in [-0.4, -0.2) is 34.8 Å². The lowest BCUT2D eigenvalue weighted by molar-refractivity contribution is -0.122. The zero-order valence-corrected chi connectivity index (χ0v) is 16.9. The van der Waals surface area contributed by atoms with Gasteiger partial charge in [-0.1, -0.05) is 26.0 Å². The standard InChI is InChI=1S/C20H25FN4O2.ClH/c1-13(2)20-17(14-5-3-6-15(21)9-14)10-19(27)25(24-20)12-18(26)23-16-7-4-8-22-11-16;/h3,5-6,9-10,13,16,22H,4,7-8,11-12H2,1-2H3,(H,23,26);1H/t16-;/m1./s1. The molecule has 28 heavy (non-hydrogen) atoms. The van der Waals surface area contributed by atoms with Crippen LogP contribution in [0.5, 0.6) is 0 Å². The smallest absolute Gasteiger partial charge is 0.267 e. The molecule has 0 unspecified atom stereocenters. The molecule has 0 bridgehead atoms. The lowest BCUT2D eigenvalue weighted by Gasteiger charge is -2.24. The van der Waals surface area contributed by atoms with Gasteiger partial charge in [0, 0.05) is 24.2 Å². The van der Waals surface area contributed by atoms with Crippen LogP contribution in [-0.2, 0) is 11.3 Å². The molecule has 2 heterocycles. The average Bonchev–Trinajstić information content (AvgIpc) is 2.63. The molecule has 1 aromatic heterocycles. The minimum atomic E-state index is -0.379. The number of nitrogens with one attached hydrogen (secondary N) is 2. The summed E-state index contributed by atoms with van der Waals surface area (Å²) in [6.45, 7) is 5.48. The molecule has 1 atom stereocenters. The largest absolute Gasteiger partial charge is 0.350 e. The molecule has 0 aliphatic carbocycles. The number of carbonyl (C=O) groups is 1. The summed E-state index contributed by atoms with van der Waals surface area (Å²) in [5.74, 6) is -0.584. The number of aromatic nitrogens is 2. The summed E-state index contributed by atoms with van der Waals surface area (Å²) in [4.78, 5) is 24.8. The second kappa shape index (κ2) is 9.80. The number of halogens is 2. The Morgan fingerprint density at radius 1 is 1.39 bits per heavy atom. The van der Waals surface area contributed by atoms with Gasteiger partial charge in [-0.15, -0.1) is 12.4 Å². The third-order valence-electron chi connectivity index (χ3n) is 4.66. The zero-order valence-electron chi connectivity index (χ0n) is 16.1. The summed E-state index contributed by atoms with van der Waals surface area (Å²) in [6, 6.07) is 7.61. The quantitative estimate of drug-likeness (QED) is 0.796. The molecule has 0 radical (unpaired) electrons. The fourth-order valence-corrected chi connectivity index (χ4v) is 3.32. The highest BCUT2D eigenvalue weighted by Crippen LogP contribution is 2.26. The molecule has 0 spiro atoms. The van der Waals surface area contributed by atoms with Crippen LogP contribution >= 0.6 is 12.4 Å². The van der Waals surface area contributed by atoms with Gasteiger partial charge in [-0.3, -0.25) is 9.59 Å². The molecular formula is C20H26ClFN4O2. The van der Waals surface area contributed by atoms with Crippen molar-refractivity contribution in [1.29, 1.82) is 0 Å². The molecule has 2 N–H and O–H groups in total. The first kappa shape index (κ1) is 22.0. The molecule has 152 valence electrons. The first-order valence-electron chi connectivity index (χ1n) is 9.32. The second-order valence-electron chi connectivity index (χ2n) is 7.21. The molecule has 1 fully saturated rings. The predicted molar refractivity (Wildman–Crippen MR) is 109 cm³/mol. The van der Waals surface area contributed by atoms with Crippen LogP contribution in [0.25, 0.3) is 11.1 Å². The van der Waals surface area contributed by atoms with Gasteiger partial charge in [0.25, 0.3) is 5.56 Å². The van der Waals surface area contributed by atoms with E-state index in [9.17, 15) is 14.0 Å². The molecule has 1 aliphatic rings. The number of piperidine rings is 1. The van der Waals surface area contributed by atoms with E-state index >= 15 is 0 Å². The van der Waals surface area contributed by atoms with Gasteiger partial charge in [-0.05, 0) is 43.0 Å². The third kappa shape index (κ3) is 5.39. The molecule has 1 aromatic carbocycles. The van der Waals surface area contributed by atoms with E-state index < -0.39 is 0 Å². The van der Waals surface area contributed by atoms with E-state index in [0.717, 1.165) is 25.9 Å². The van der Waals surface area contributed by atoms with Crippen molar-refractivity contribution in [2.75, 3.05) is 13.1 Å². The van der Waals surface area contributed by atoms with Crippen molar-refractivity contribution < 1.29 is 9.18 Å². The highest BCUT2D eigenvalue weighted by Gasteiger charge is 2.18. The van der Waals surface area contributed by atoms with E-state index in [-0.39, 0.29) is 48.2 Å². The van der Waals surface area contributed by atoms with Gasteiger partial charge < -0.3 is 10.6 Å². The summed E-state index contributed by atoms with van der Waals surface area (Å²) in [5, 5.41) is 10.6. The molecule has 1 aliphatic heterocycles. The van der Waals surface area contributed by atoms with Crippen molar-refractivity contribution in [1.82, 2.24) is 20.4 Å². The van der Waals surface area contributed by atoms with Gasteiger partial charge >= 0.3 is 0 Å². The van der Waals surface area contributed by atoms with E-state index in [1.807, 2.05) is 13.8 Å². The van der Waals surface area contributed by atoms with Crippen LogP contribution in [0, 0.1) is 5.82 Å². The van der Waals surface area contributed by atoms with Crippen LogP contribution in [0.1, 0.15) is 38.3 Å². The lowest BCUT2D eigenvalue weighted by atomic mass is 9.98.